The van der Waals surface area contributed by atoms with E-state index in [4.69, 9.17) is 22.6 Å². The van der Waals surface area contributed by atoms with Gasteiger partial charge in [-0.25, -0.2) is 9.98 Å². The minimum absolute atomic E-state index is 0.205. The molecular weight excluding hydrogens is 613 g/mol. The van der Waals surface area contributed by atoms with Crippen molar-refractivity contribution in [1.82, 2.24) is 0 Å². The van der Waals surface area contributed by atoms with Gasteiger partial charge in [0.05, 0.1) is 5.70 Å². The van der Waals surface area contributed by atoms with Crippen molar-refractivity contribution in [3.8, 4) is 0 Å². The van der Waals surface area contributed by atoms with Crippen LogP contribution in [0.2, 0.25) is 0 Å². The number of fused-ring (bicyclic) bond motifs is 8. The number of nitrogens with zero attached hydrogens (tertiary/aromatic N) is 2. The standard InChI is InChI=1S/C46H50N2S/c1-6-12-34(13-7-2)31(4)47-45(48-32(5)35-15-9-8-10-16-35)37-20-18-36(19-21-37)38-22-25-43-42(28-38)41-24-23-40(49)29-44(41)46(43)30(3)26-33-14-11-17-39(46)27-33/h6-7,9,12-13,15-16,18-25,28-30,33,39,42-43,49H,1,4,8,10-11,14,17,26-27H2,2-3,5H3/b13-7-,34-12+,47-45-,48-32+. The van der Waals surface area contributed by atoms with Gasteiger partial charge in [0.25, 0.3) is 0 Å². The Bertz CT molecular complexity index is 1890. The lowest BCUT2D eigenvalue weighted by Crippen LogP contribution is -2.51. The maximum Gasteiger partial charge on any atom is 0.160 e. The SMILES string of the molecule is C=C/C=C(\C=C/C)C(=C)/N=C(\N=C(/C)C1=CCCC=C1)c1ccc(C2=CC3c4ccc(S)cc4C4(C(C)CC5CCCC4C5)C3C=C2)cc1. The fourth-order valence-electron chi connectivity index (χ4n) is 9.94. The summed E-state index contributed by atoms with van der Waals surface area (Å²) in [4.78, 5) is 11.2. The van der Waals surface area contributed by atoms with Gasteiger partial charge in [0, 0.05) is 27.5 Å². The van der Waals surface area contributed by atoms with Crippen LogP contribution < -0.4 is 0 Å². The average molecular weight is 663 g/mol. The molecule has 1 spiro atoms. The molecule has 49 heavy (non-hydrogen) atoms. The summed E-state index contributed by atoms with van der Waals surface area (Å²) < 4.78 is 0. The maximum absolute atomic E-state index is 5.09. The lowest BCUT2D eigenvalue weighted by atomic mass is 9.48. The van der Waals surface area contributed by atoms with Crippen molar-refractivity contribution in [2.45, 2.75) is 81.9 Å². The van der Waals surface area contributed by atoms with Crippen molar-refractivity contribution in [3.05, 3.63) is 155 Å². The lowest BCUT2D eigenvalue weighted by molar-refractivity contribution is 0.0145. The van der Waals surface area contributed by atoms with Crippen LogP contribution in [-0.2, 0) is 5.41 Å². The first kappa shape index (κ1) is 33.5. The van der Waals surface area contributed by atoms with Gasteiger partial charge in [0.2, 0.25) is 0 Å². The van der Waals surface area contributed by atoms with Gasteiger partial charge < -0.3 is 0 Å². The normalized spacial score (nSPS) is 29.5. The predicted octanol–water partition coefficient (Wildman–Crippen LogP) is 12.1. The second kappa shape index (κ2) is 14.1. The minimum Gasteiger partial charge on any atom is -0.233 e. The van der Waals surface area contributed by atoms with Gasteiger partial charge in [0.15, 0.2) is 5.84 Å². The largest absolute Gasteiger partial charge is 0.233 e. The first-order valence-electron chi connectivity index (χ1n) is 18.3. The molecule has 0 heterocycles. The third kappa shape index (κ3) is 6.20. The summed E-state index contributed by atoms with van der Waals surface area (Å²) in [5.74, 6) is 3.87. The van der Waals surface area contributed by atoms with E-state index in [-0.39, 0.29) is 5.41 Å². The van der Waals surface area contributed by atoms with Crippen molar-refractivity contribution >= 4 is 29.7 Å². The summed E-state index contributed by atoms with van der Waals surface area (Å²) in [6, 6.07) is 15.8. The molecule has 2 aromatic rings. The van der Waals surface area contributed by atoms with Crippen LogP contribution in [0, 0.1) is 23.7 Å². The zero-order valence-corrected chi connectivity index (χ0v) is 30.3. The minimum atomic E-state index is 0.205. The van der Waals surface area contributed by atoms with Gasteiger partial charge in [-0.05, 0) is 115 Å². The molecule has 2 fully saturated rings. The topological polar surface area (TPSA) is 24.7 Å². The molecular formula is C46H50N2S. The fraction of sp³-hybridized carbons (Fsp3) is 0.348. The van der Waals surface area contributed by atoms with E-state index in [0.717, 1.165) is 52.0 Å². The summed E-state index contributed by atoms with van der Waals surface area (Å²) in [5.41, 5.74) is 10.5. The second-order valence-corrected chi connectivity index (χ2v) is 15.3. The third-order valence-corrected chi connectivity index (χ3v) is 12.3. The first-order valence-corrected chi connectivity index (χ1v) is 18.8. The molecule has 0 amide bonds. The molecule has 0 aromatic heterocycles. The summed E-state index contributed by atoms with van der Waals surface area (Å²) in [6.07, 6.45) is 30.9. The van der Waals surface area contributed by atoms with Crippen molar-refractivity contribution in [2.75, 3.05) is 0 Å². The van der Waals surface area contributed by atoms with Gasteiger partial charge >= 0.3 is 0 Å². The van der Waals surface area contributed by atoms with E-state index in [1.54, 1.807) is 11.6 Å². The van der Waals surface area contributed by atoms with Crippen LogP contribution in [0.15, 0.2) is 148 Å². The molecule has 250 valence electrons. The molecule has 6 unspecified atom stereocenters. The monoisotopic (exact) mass is 662 g/mol. The maximum atomic E-state index is 5.09. The number of benzene rings is 2. The molecule has 2 nitrogen and oxygen atoms in total. The van der Waals surface area contributed by atoms with E-state index in [9.17, 15) is 0 Å². The highest BCUT2D eigenvalue weighted by atomic mass is 32.1. The van der Waals surface area contributed by atoms with Crippen LogP contribution in [0.4, 0.5) is 0 Å². The zero-order valence-electron chi connectivity index (χ0n) is 29.4. The van der Waals surface area contributed by atoms with E-state index >= 15 is 0 Å². The highest BCUT2D eigenvalue weighted by Gasteiger charge is 2.60. The number of aliphatic imine (C=N–C) groups is 2. The fourth-order valence-corrected chi connectivity index (χ4v) is 10.1. The van der Waals surface area contributed by atoms with Gasteiger partial charge in [-0.3, -0.25) is 0 Å². The smallest absolute Gasteiger partial charge is 0.160 e. The Balaban J connectivity index is 1.24. The average Bonchev–Trinajstić information content (AvgIpc) is 3.40. The Morgan fingerprint density at radius 1 is 1.02 bits per heavy atom. The van der Waals surface area contributed by atoms with Crippen molar-refractivity contribution < 1.29 is 0 Å². The molecule has 0 saturated heterocycles. The Labute approximate surface area is 299 Å². The van der Waals surface area contributed by atoms with Gasteiger partial charge in [0.1, 0.15) is 0 Å². The second-order valence-electron chi connectivity index (χ2n) is 14.8. The molecule has 0 aliphatic heterocycles. The van der Waals surface area contributed by atoms with Crippen LogP contribution in [0.25, 0.3) is 5.57 Å². The Hall–Kier alpha value is -3.95. The van der Waals surface area contributed by atoms with E-state index < -0.39 is 0 Å². The van der Waals surface area contributed by atoms with Crippen LogP contribution >= 0.6 is 12.6 Å². The summed E-state index contributed by atoms with van der Waals surface area (Å²) >= 11 is 4.87. The van der Waals surface area contributed by atoms with E-state index in [1.807, 2.05) is 25.2 Å². The Morgan fingerprint density at radius 2 is 1.86 bits per heavy atom. The molecule has 2 bridgehead atoms. The van der Waals surface area contributed by atoms with E-state index in [1.165, 1.54) is 48.8 Å². The molecule has 3 heteroatoms. The van der Waals surface area contributed by atoms with Crippen LogP contribution in [0.1, 0.15) is 93.9 Å². The van der Waals surface area contributed by atoms with E-state index in [2.05, 4.69) is 106 Å². The predicted molar refractivity (Wildman–Crippen MR) is 213 cm³/mol. The van der Waals surface area contributed by atoms with Crippen molar-refractivity contribution in [1.29, 1.82) is 0 Å². The third-order valence-electron chi connectivity index (χ3n) is 12.0. The summed E-state index contributed by atoms with van der Waals surface area (Å²) in [7, 11) is 0. The quantitative estimate of drug-likeness (QED) is 0.132. The Morgan fingerprint density at radius 3 is 2.61 bits per heavy atom. The number of hydrogen-bond acceptors (Lipinski definition) is 2. The number of allylic oxidation sites excluding steroid dienone is 12. The number of rotatable bonds is 7. The molecule has 7 rings (SSSR count). The van der Waals surface area contributed by atoms with Gasteiger partial charge in [-0.1, -0.05) is 124 Å². The van der Waals surface area contributed by atoms with Crippen LogP contribution in [0.5, 0.6) is 0 Å². The first-order chi connectivity index (χ1) is 23.8. The van der Waals surface area contributed by atoms with Gasteiger partial charge in [-0.2, -0.15) is 0 Å². The molecule has 0 radical (unpaired) electrons. The number of hydrogen-bond donors (Lipinski definition) is 1. The highest BCUT2D eigenvalue weighted by Crippen LogP contribution is 2.66. The number of amidine groups is 1. The lowest BCUT2D eigenvalue weighted by Gasteiger charge is -2.55. The van der Waals surface area contributed by atoms with Crippen molar-refractivity contribution in [3.63, 3.8) is 0 Å². The Kier molecular flexibility index (Phi) is 9.66. The molecule has 6 atom stereocenters. The number of thiol groups is 1. The molecule has 5 aliphatic rings. The molecule has 5 aliphatic carbocycles. The highest BCUT2D eigenvalue weighted by molar-refractivity contribution is 7.80. The summed E-state index contributed by atoms with van der Waals surface area (Å²) in [5, 5.41) is 0. The molecule has 0 N–H and O–H groups in total. The van der Waals surface area contributed by atoms with E-state index in [0.29, 0.717) is 29.3 Å². The molecule has 2 saturated carbocycles. The summed E-state index contributed by atoms with van der Waals surface area (Å²) in [6.45, 7) is 14.8. The van der Waals surface area contributed by atoms with Crippen LogP contribution in [-0.4, -0.2) is 11.5 Å². The van der Waals surface area contributed by atoms with Crippen molar-refractivity contribution in [2.24, 2.45) is 33.7 Å². The molecule has 2 aromatic carbocycles. The van der Waals surface area contributed by atoms with Crippen LogP contribution in [0.3, 0.4) is 0 Å². The van der Waals surface area contributed by atoms with Gasteiger partial charge in [-0.15, -0.1) is 12.6 Å². The zero-order chi connectivity index (χ0) is 34.1.